The van der Waals surface area contributed by atoms with Crippen LogP contribution in [0, 0.1) is 5.82 Å². The molecule has 0 fully saturated rings. The Kier molecular flexibility index (Phi) is 6.20. The van der Waals surface area contributed by atoms with E-state index < -0.39 is 21.7 Å². The first-order chi connectivity index (χ1) is 13.8. The first-order valence-corrected chi connectivity index (χ1v) is 10.6. The van der Waals surface area contributed by atoms with Crippen LogP contribution in [0.3, 0.4) is 0 Å². The van der Waals surface area contributed by atoms with E-state index in [4.69, 9.17) is 11.6 Å². The number of carbonyl (C=O) groups excluding carboxylic acids is 1. The summed E-state index contributed by atoms with van der Waals surface area (Å²) in [5.41, 5.74) is 1.38. The molecule has 0 aliphatic rings. The van der Waals surface area contributed by atoms with Gasteiger partial charge in [-0.15, -0.1) is 0 Å². The molecule has 5 nitrogen and oxygen atoms in total. The SMILES string of the molecule is CCc1ccccc1NS(=O)(=O)c1ccc(NC(=O)c2cccc(Cl)c2)c(F)c1. The third-order valence-electron chi connectivity index (χ3n) is 4.23. The van der Waals surface area contributed by atoms with Gasteiger partial charge in [0.1, 0.15) is 5.82 Å². The number of carbonyl (C=O) groups is 1. The van der Waals surface area contributed by atoms with Crippen LogP contribution in [0.4, 0.5) is 15.8 Å². The number of para-hydroxylation sites is 1. The van der Waals surface area contributed by atoms with E-state index in [1.807, 2.05) is 19.1 Å². The van der Waals surface area contributed by atoms with Crippen LogP contribution in [0.25, 0.3) is 0 Å². The summed E-state index contributed by atoms with van der Waals surface area (Å²) in [7, 11) is -3.99. The van der Waals surface area contributed by atoms with Gasteiger partial charge in [-0.2, -0.15) is 0 Å². The van der Waals surface area contributed by atoms with Crippen LogP contribution in [0.15, 0.2) is 71.6 Å². The van der Waals surface area contributed by atoms with Crippen molar-refractivity contribution in [1.29, 1.82) is 0 Å². The highest BCUT2D eigenvalue weighted by atomic mass is 35.5. The number of aryl methyl sites for hydroxylation is 1. The molecule has 0 unspecified atom stereocenters. The first kappa shape index (κ1) is 20.8. The molecule has 0 heterocycles. The van der Waals surface area contributed by atoms with Gasteiger partial charge in [-0.1, -0.05) is 42.8 Å². The Morgan fingerprint density at radius 2 is 1.76 bits per heavy atom. The zero-order valence-electron chi connectivity index (χ0n) is 15.4. The maximum Gasteiger partial charge on any atom is 0.262 e. The highest BCUT2D eigenvalue weighted by molar-refractivity contribution is 7.92. The fraction of sp³-hybridized carbons (Fsp3) is 0.0952. The standard InChI is InChI=1S/C21H18ClFN2O3S/c1-2-14-6-3-4-9-19(14)25-29(27,28)17-10-11-20(18(23)13-17)24-21(26)15-7-5-8-16(22)12-15/h3-13,25H,2H2,1H3,(H,24,26). The molecule has 0 saturated carbocycles. The minimum Gasteiger partial charge on any atom is -0.319 e. The Labute approximate surface area is 173 Å². The van der Waals surface area contributed by atoms with Gasteiger partial charge in [0.25, 0.3) is 15.9 Å². The number of benzene rings is 3. The molecule has 0 saturated heterocycles. The van der Waals surface area contributed by atoms with Gasteiger partial charge < -0.3 is 5.32 Å². The highest BCUT2D eigenvalue weighted by Crippen LogP contribution is 2.24. The number of hydrogen-bond donors (Lipinski definition) is 2. The van der Waals surface area contributed by atoms with Crippen LogP contribution < -0.4 is 10.0 Å². The van der Waals surface area contributed by atoms with Crippen LogP contribution in [-0.2, 0) is 16.4 Å². The smallest absolute Gasteiger partial charge is 0.262 e. The van der Waals surface area contributed by atoms with E-state index in [1.54, 1.807) is 24.3 Å². The molecule has 150 valence electrons. The maximum absolute atomic E-state index is 14.5. The lowest BCUT2D eigenvalue weighted by atomic mass is 10.1. The molecule has 0 atom stereocenters. The molecule has 3 aromatic rings. The molecule has 8 heteroatoms. The largest absolute Gasteiger partial charge is 0.319 e. The predicted octanol–water partition coefficient (Wildman–Crippen LogP) is 5.09. The quantitative estimate of drug-likeness (QED) is 0.569. The normalized spacial score (nSPS) is 11.1. The minimum atomic E-state index is -3.99. The molecular formula is C21H18ClFN2O3S. The van der Waals surface area contributed by atoms with Crippen molar-refractivity contribution >= 4 is 38.9 Å². The van der Waals surface area contributed by atoms with E-state index >= 15 is 0 Å². The van der Waals surface area contributed by atoms with Crippen LogP contribution >= 0.6 is 11.6 Å². The molecule has 0 radical (unpaired) electrons. The lowest BCUT2D eigenvalue weighted by Crippen LogP contribution is -2.16. The van der Waals surface area contributed by atoms with Crippen molar-refractivity contribution in [3.8, 4) is 0 Å². The summed E-state index contributed by atoms with van der Waals surface area (Å²) in [5, 5.41) is 2.79. The minimum absolute atomic E-state index is 0.136. The number of amides is 1. The van der Waals surface area contributed by atoms with Crippen molar-refractivity contribution in [2.45, 2.75) is 18.2 Å². The van der Waals surface area contributed by atoms with Gasteiger partial charge >= 0.3 is 0 Å². The number of nitrogens with one attached hydrogen (secondary N) is 2. The Bertz CT molecular complexity index is 1170. The lowest BCUT2D eigenvalue weighted by Gasteiger charge is -2.13. The van der Waals surface area contributed by atoms with Gasteiger partial charge in [-0.05, 0) is 54.4 Å². The molecule has 0 aliphatic heterocycles. The number of rotatable bonds is 6. The van der Waals surface area contributed by atoms with E-state index in [0.717, 1.165) is 11.6 Å². The molecule has 3 aromatic carbocycles. The summed E-state index contributed by atoms with van der Waals surface area (Å²) >= 11 is 5.85. The molecule has 29 heavy (non-hydrogen) atoms. The van der Waals surface area contributed by atoms with Crippen LogP contribution in [0.5, 0.6) is 0 Å². The fourth-order valence-corrected chi connectivity index (χ4v) is 4.02. The Hall–Kier alpha value is -2.90. The van der Waals surface area contributed by atoms with Crippen molar-refractivity contribution in [1.82, 2.24) is 0 Å². The monoisotopic (exact) mass is 432 g/mol. The topological polar surface area (TPSA) is 75.3 Å². The van der Waals surface area contributed by atoms with Crippen LogP contribution in [-0.4, -0.2) is 14.3 Å². The molecule has 0 aliphatic carbocycles. The molecule has 0 bridgehead atoms. The van der Waals surface area contributed by atoms with Crippen molar-refractivity contribution < 1.29 is 17.6 Å². The average molecular weight is 433 g/mol. The Morgan fingerprint density at radius 1 is 1.00 bits per heavy atom. The van der Waals surface area contributed by atoms with Gasteiger partial charge in [-0.3, -0.25) is 9.52 Å². The second kappa shape index (κ2) is 8.63. The maximum atomic E-state index is 14.5. The molecule has 0 spiro atoms. The Morgan fingerprint density at radius 3 is 2.45 bits per heavy atom. The third kappa shape index (κ3) is 4.93. The number of hydrogen-bond acceptors (Lipinski definition) is 3. The van der Waals surface area contributed by atoms with Gasteiger partial charge in [0.2, 0.25) is 0 Å². The average Bonchev–Trinajstić information content (AvgIpc) is 2.69. The van der Waals surface area contributed by atoms with Crippen LogP contribution in [0.1, 0.15) is 22.8 Å². The van der Waals surface area contributed by atoms with E-state index in [2.05, 4.69) is 10.0 Å². The molecule has 2 N–H and O–H groups in total. The van der Waals surface area contributed by atoms with Gasteiger partial charge in [0, 0.05) is 10.6 Å². The van der Waals surface area contributed by atoms with Crippen LogP contribution in [0.2, 0.25) is 5.02 Å². The Balaban J connectivity index is 1.82. The second-order valence-corrected chi connectivity index (χ2v) is 8.34. The van der Waals surface area contributed by atoms with Gasteiger partial charge in [0.05, 0.1) is 16.3 Å². The summed E-state index contributed by atoms with van der Waals surface area (Å²) in [5.74, 6) is -1.43. The summed E-state index contributed by atoms with van der Waals surface area (Å²) in [6.45, 7) is 1.91. The van der Waals surface area contributed by atoms with Crippen molar-refractivity contribution in [3.05, 3.63) is 88.7 Å². The lowest BCUT2D eigenvalue weighted by molar-refractivity contribution is 0.102. The zero-order chi connectivity index (χ0) is 21.0. The molecule has 0 aromatic heterocycles. The molecular weight excluding hydrogens is 415 g/mol. The summed E-state index contributed by atoms with van der Waals surface area (Å²) in [6.07, 6.45) is 0.640. The highest BCUT2D eigenvalue weighted by Gasteiger charge is 2.18. The summed E-state index contributed by atoms with van der Waals surface area (Å²) in [6, 6.07) is 16.5. The van der Waals surface area contributed by atoms with E-state index in [9.17, 15) is 17.6 Å². The summed E-state index contributed by atoms with van der Waals surface area (Å²) < 4.78 is 42.2. The van der Waals surface area contributed by atoms with Crippen molar-refractivity contribution in [2.24, 2.45) is 0 Å². The number of sulfonamides is 1. The zero-order valence-corrected chi connectivity index (χ0v) is 17.0. The van der Waals surface area contributed by atoms with Crippen molar-refractivity contribution in [2.75, 3.05) is 10.0 Å². The van der Waals surface area contributed by atoms with Gasteiger partial charge in [-0.25, -0.2) is 12.8 Å². The molecule has 3 rings (SSSR count). The first-order valence-electron chi connectivity index (χ1n) is 8.77. The van der Waals surface area contributed by atoms with Gasteiger partial charge in [0.15, 0.2) is 0 Å². The van der Waals surface area contributed by atoms with E-state index in [-0.39, 0.29) is 16.1 Å². The fourth-order valence-electron chi connectivity index (χ4n) is 2.72. The third-order valence-corrected chi connectivity index (χ3v) is 5.83. The molecule has 1 amide bonds. The van der Waals surface area contributed by atoms with Crippen molar-refractivity contribution in [3.63, 3.8) is 0 Å². The second-order valence-electron chi connectivity index (χ2n) is 6.22. The number of halogens is 2. The number of anilines is 2. The predicted molar refractivity (Wildman–Crippen MR) is 112 cm³/mol. The van der Waals surface area contributed by atoms with E-state index in [0.29, 0.717) is 17.1 Å². The summed E-state index contributed by atoms with van der Waals surface area (Å²) in [4.78, 5) is 12.0. The van der Waals surface area contributed by atoms with E-state index in [1.165, 1.54) is 24.3 Å².